The molecule has 1 aromatic heterocycles. The highest BCUT2D eigenvalue weighted by Crippen LogP contribution is 2.34. The van der Waals surface area contributed by atoms with Crippen LogP contribution in [0.5, 0.6) is 5.75 Å². The fourth-order valence-electron chi connectivity index (χ4n) is 3.45. The number of hydrogen-bond acceptors (Lipinski definition) is 5. The van der Waals surface area contributed by atoms with Crippen LogP contribution in [0.4, 0.5) is 5.69 Å². The Labute approximate surface area is 233 Å². The van der Waals surface area contributed by atoms with Crippen molar-refractivity contribution >= 4 is 63.1 Å². The molecular formula is C27H33Cl2N3O4S. The Morgan fingerprint density at radius 3 is 2.32 bits per heavy atom. The monoisotopic (exact) mass is 565 g/mol. The van der Waals surface area contributed by atoms with Gasteiger partial charge in [-0.2, -0.15) is 0 Å². The van der Waals surface area contributed by atoms with Gasteiger partial charge in [0.05, 0.1) is 35.1 Å². The van der Waals surface area contributed by atoms with Crippen LogP contribution in [0, 0.1) is 0 Å². The largest absolute Gasteiger partial charge is 0.495 e. The molecule has 3 rings (SSSR count). The van der Waals surface area contributed by atoms with Gasteiger partial charge in [0, 0.05) is 22.2 Å². The van der Waals surface area contributed by atoms with Gasteiger partial charge in [0.2, 0.25) is 0 Å². The van der Waals surface area contributed by atoms with Gasteiger partial charge in [0.1, 0.15) is 17.4 Å². The van der Waals surface area contributed by atoms with E-state index in [9.17, 15) is 4.79 Å². The lowest BCUT2D eigenvalue weighted by Crippen LogP contribution is -2.49. The van der Waals surface area contributed by atoms with Crippen LogP contribution in [0.3, 0.4) is 0 Å². The first-order chi connectivity index (χ1) is 17.1. The van der Waals surface area contributed by atoms with E-state index >= 15 is 0 Å². The van der Waals surface area contributed by atoms with Gasteiger partial charge in [-0.25, -0.2) is 4.79 Å². The summed E-state index contributed by atoms with van der Waals surface area (Å²) in [4.78, 5) is 16.2. The number of fused-ring (bicyclic) bond motifs is 1. The number of carbonyl (C=O) groups is 1. The van der Waals surface area contributed by atoms with Gasteiger partial charge in [0.15, 0.2) is 5.11 Å². The third-order valence-corrected chi connectivity index (χ3v) is 6.04. The van der Waals surface area contributed by atoms with Gasteiger partial charge in [-0.05, 0) is 90.2 Å². The highest BCUT2D eigenvalue weighted by Gasteiger charge is 2.28. The zero-order chi connectivity index (χ0) is 27.5. The second-order valence-electron chi connectivity index (χ2n) is 10.6. The highest BCUT2D eigenvalue weighted by molar-refractivity contribution is 7.80. The van der Waals surface area contributed by atoms with Gasteiger partial charge >= 0.3 is 5.97 Å². The van der Waals surface area contributed by atoms with Gasteiger partial charge in [0.25, 0.3) is 0 Å². The summed E-state index contributed by atoms with van der Waals surface area (Å²) in [6, 6.07) is 10.4. The number of aromatic amines is 1. The first-order valence-corrected chi connectivity index (χ1v) is 12.9. The van der Waals surface area contributed by atoms with E-state index < -0.39 is 23.2 Å². The predicted octanol–water partition coefficient (Wildman–Crippen LogP) is 6.96. The number of nitrogens with one attached hydrogen (secondary N) is 3. The van der Waals surface area contributed by atoms with Gasteiger partial charge < -0.3 is 29.8 Å². The summed E-state index contributed by atoms with van der Waals surface area (Å²) >= 11 is 17.9. The normalized spacial score (nSPS) is 12.8. The number of aromatic nitrogens is 1. The summed E-state index contributed by atoms with van der Waals surface area (Å²) in [6.45, 7) is 11.3. The van der Waals surface area contributed by atoms with E-state index in [1.165, 1.54) is 0 Å². The number of anilines is 1. The number of methoxy groups -OCH3 is 1. The van der Waals surface area contributed by atoms with Gasteiger partial charge in [-0.3, -0.25) is 0 Å². The molecule has 200 valence electrons. The van der Waals surface area contributed by atoms with E-state index in [4.69, 9.17) is 49.6 Å². The second-order valence-corrected chi connectivity index (χ2v) is 11.8. The lowest BCUT2D eigenvalue weighted by molar-refractivity contribution is -0.159. The molecular weight excluding hydrogens is 533 g/mol. The number of rotatable bonds is 7. The molecule has 2 aromatic carbocycles. The van der Waals surface area contributed by atoms with Crippen molar-refractivity contribution in [3.05, 3.63) is 46.4 Å². The van der Waals surface area contributed by atoms with E-state index in [-0.39, 0.29) is 11.7 Å². The molecule has 0 spiro atoms. The number of H-pyrrole nitrogens is 1. The minimum atomic E-state index is -0.809. The fourth-order valence-corrected chi connectivity index (χ4v) is 4.03. The summed E-state index contributed by atoms with van der Waals surface area (Å²) in [7, 11) is 1.57. The Kier molecular flexibility index (Phi) is 9.01. The molecule has 10 heteroatoms. The highest BCUT2D eigenvalue weighted by atomic mass is 35.5. The third kappa shape index (κ3) is 8.23. The van der Waals surface area contributed by atoms with E-state index in [1.54, 1.807) is 13.2 Å². The molecule has 0 saturated carbocycles. The van der Waals surface area contributed by atoms with Crippen molar-refractivity contribution in [3.8, 4) is 17.0 Å². The number of ether oxygens (including phenoxy) is 3. The van der Waals surface area contributed by atoms with Crippen molar-refractivity contribution in [2.24, 2.45) is 0 Å². The Hall–Kier alpha value is -2.52. The van der Waals surface area contributed by atoms with Crippen molar-refractivity contribution in [1.82, 2.24) is 10.3 Å². The average molecular weight is 567 g/mol. The standard InChI is InChI=1S/C27H33Cl2N3O4S/c1-26(2,3)35-14-22(24(33)36-27(4,5)6)32-25(37)31-21-11-15(8-9-23(21)34-7)19-12-16-10-17(28)18(29)13-20(16)30-19/h8-13,22,30H,14H2,1-7H3,(H2,31,32,37)/t22-/m0/s1. The van der Waals surface area contributed by atoms with Crippen LogP contribution < -0.4 is 15.4 Å². The molecule has 0 aliphatic carbocycles. The smallest absolute Gasteiger partial charge is 0.331 e. The maximum atomic E-state index is 12.9. The Morgan fingerprint density at radius 1 is 1.03 bits per heavy atom. The van der Waals surface area contributed by atoms with Gasteiger partial charge in [-0.1, -0.05) is 23.2 Å². The zero-order valence-electron chi connectivity index (χ0n) is 22.0. The molecule has 0 aliphatic heterocycles. The van der Waals surface area contributed by atoms with E-state index in [0.29, 0.717) is 21.5 Å². The topological polar surface area (TPSA) is 84.6 Å². The quantitative estimate of drug-likeness (QED) is 0.211. The molecule has 0 unspecified atom stereocenters. The maximum Gasteiger partial charge on any atom is 0.331 e. The number of carbonyl (C=O) groups excluding carboxylic acids is 1. The molecule has 7 nitrogen and oxygen atoms in total. The Balaban J connectivity index is 1.83. The van der Waals surface area contributed by atoms with Crippen LogP contribution >= 0.6 is 35.4 Å². The van der Waals surface area contributed by atoms with Crippen molar-refractivity contribution in [3.63, 3.8) is 0 Å². The Bertz CT molecular complexity index is 1260. The Morgan fingerprint density at radius 2 is 1.70 bits per heavy atom. The van der Waals surface area contributed by atoms with Crippen molar-refractivity contribution in [1.29, 1.82) is 0 Å². The zero-order valence-corrected chi connectivity index (χ0v) is 24.4. The SMILES string of the molecule is COc1ccc(-c2cc3cc(Cl)c(Cl)cc3[nH]2)cc1NC(=S)N[C@@H](COC(C)(C)C)C(=O)OC(C)(C)C. The molecule has 0 radical (unpaired) electrons. The summed E-state index contributed by atoms with van der Waals surface area (Å²) in [5.74, 6) is 0.117. The summed E-state index contributed by atoms with van der Waals surface area (Å²) < 4.78 is 16.9. The number of thiocarbonyl (C=S) groups is 1. The first-order valence-electron chi connectivity index (χ1n) is 11.8. The molecule has 0 aliphatic rings. The average Bonchev–Trinajstić information content (AvgIpc) is 3.17. The van der Waals surface area contributed by atoms with Gasteiger partial charge in [-0.15, -0.1) is 0 Å². The molecule has 0 saturated heterocycles. The molecule has 37 heavy (non-hydrogen) atoms. The molecule has 1 atom stereocenters. The number of halogens is 2. The number of esters is 1. The van der Waals surface area contributed by atoms with Crippen LogP contribution in [-0.2, 0) is 14.3 Å². The van der Waals surface area contributed by atoms with E-state index in [1.807, 2.05) is 71.9 Å². The van der Waals surface area contributed by atoms with Crippen molar-refractivity contribution in [2.45, 2.75) is 58.8 Å². The summed E-state index contributed by atoms with van der Waals surface area (Å²) in [5, 5.41) is 8.30. The summed E-state index contributed by atoms with van der Waals surface area (Å²) in [5.41, 5.74) is 2.14. The molecule has 0 bridgehead atoms. The van der Waals surface area contributed by atoms with Crippen LogP contribution in [0.2, 0.25) is 10.0 Å². The lowest BCUT2D eigenvalue weighted by atomic mass is 10.1. The molecule has 0 fully saturated rings. The number of hydrogen-bond donors (Lipinski definition) is 3. The third-order valence-electron chi connectivity index (χ3n) is 5.10. The molecule has 3 N–H and O–H groups in total. The van der Waals surface area contributed by atoms with E-state index in [0.717, 1.165) is 22.2 Å². The fraction of sp³-hybridized carbons (Fsp3) is 0.407. The van der Waals surface area contributed by atoms with Crippen LogP contribution in [-0.4, -0.2) is 47.0 Å². The summed E-state index contributed by atoms with van der Waals surface area (Å²) in [6.07, 6.45) is 0. The molecule has 3 aromatic rings. The van der Waals surface area contributed by atoms with E-state index in [2.05, 4.69) is 15.6 Å². The maximum absolute atomic E-state index is 12.9. The van der Waals surface area contributed by atoms with Crippen LogP contribution in [0.1, 0.15) is 41.5 Å². The minimum absolute atomic E-state index is 0.0809. The lowest BCUT2D eigenvalue weighted by Gasteiger charge is -2.28. The van der Waals surface area contributed by atoms with Crippen molar-refractivity contribution in [2.75, 3.05) is 19.0 Å². The van der Waals surface area contributed by atoms with Crippen LogP contribution in [0.25, 0.3) is 22.2 Å². The van der Waals surface area contributed by atoms with Crippen molar-refractivity contribution < 1.29 is 19.0 Å². The van der Waals surface area contributed by atoms with Crippen LogP contribution in [0.15, 0.2) is 36.4 Å². The predicted molar refractivity (Wildman–Crippen MR) is 155 cm³/mol. The first kappa shape index (κ1) is 29.0. The second kappa shape index (κ2) is 11.5. The molecule has 0 amide bonds. The number of benzene rings is 2. The molecule has 1 heterocycles. The minimum Gasteiger partial charge on any atom is -0.495 e.